The number of ether oxygens (including phenoxy) is 1. The lowest BCUT2D eigenvalue weighted by Crippen LogP contribution is -2.41. The first-order chi connectivity index (χ1) is 8.24. The molecule has 0 saturated carbocycles. The standard InChI is InChI=1S/C12H24N2O4/c1-12(2,3)5-6-13-11(17)14-8-9(18-4)7-10(15)16/h9H,5-8H2,1-4H3,(H,15,16)(H2,13,14,17). The topological polar surface area (TPSA) is 87.7 Å². The van der Waals surface area contributed by atoms with Gasteiger partial charge in [-0.1, -0.05) is 20.8 Å². The highest BCUT2D eigenvalue weighted by Gasteiger charge is 2.14. The molecule has 0 aliphatic carbocycles. The highest BCUT2D eigenvalue weighted by Crippen LogP contribution is 2.16. The van der Waals surface area contributed by atoms with Gasteiger partial charge in [-0.15, -0.1) is 0 Å². The molecule has 0 aromatic heterocycles. The van der Waals surface area contributed by atoms with Crippen LogP contribution in [0.4, 0.5) is 4.79 Å². The minimum atomic E-state index is -0.947. The monoisotopic (exact) mass is 260 g/mol. The molecule has 0 fully saturated rings. The zero-order valence-corrected chi connectivity index (χ0v) is 11.6. The van der Waals surface area contributed by atoms with Crippen molar-refractivity contribution in [2.45, 2.75) is 39.7 Å². The Balaban J connectivity index is 3.78. The largest absolute Gasteiger partial charge is 0.481 e. The number of carbonyl (C=O) groups excluding carboxylic acids is 1. The second kappa shape index (κ2) is 7.92. The van der Waals surface area contributed by atoms with Crippen molar-refractivity contribution in [2.24, 2.45) is 5.41 Å². The minimum absolute atomic E-state index is 0.126. The number of nitrogens with one attached hydrogen (secondary N) is 2. The van der Waals surface area contributed by atoms with E-state index in [0.717, 1.165) is 6.42 Å². The highest BCUT2D eigenvalue weighted by atomic mass is 16.5. The van der Waals surface area contributed by atoms with Crippen LogP contribution in [0.1, 0.15) is 33.6 Å². The zero-order chi connectivity index (χ0) is 14.2. The molecule has 6 heteroatoms. The van der Waals surface area contributed by atoms with Gasteiger partial charge in [-0.2, -0.15) is 0 Å². The number of amides is 2. The lowest BCUT2D eigenvalue weighted by Gasteiger charge is -2.19. The number of urea groups is 1. The maximum absolute atomic E-state index is 11.4. The van der Waals surface area contributed by atoms with E-state index in [1.165, 1.54) is 7.11 Å². The summed E-state index contributed by atoms with van der Waals surface area (Å²) in [6, 6.07) is -0.299. The third-order valence-electron chi connectivity index (χ3n) is 2.39. The maximum Gasteiger partial charge on any atom is 0.314 e. The molecule has 0 bridgehead atoms. The fraction of sp³-hybridized carbons (Fsp3) is 0.833. The van der Waals surface area contributed by atoms with E-state index in [-0.39, 0.29) is 24.4 Å². The summed E-state index contributed by atoms with van der Waals surface area (Å²) in [5, 5.41) is 13.9. The Morgan fingerprint density at radius 2 is 1.89 bits per heavy atom. The van der Waals surface area contributed by atoms with Crippen LogP contribution in [-0.2, 0) is 9.53 Å². The SMILES string of the molecule is COC(CNC(=O)NCCC(C)(C)C)CC(=O)O. The first kappa shape index (κ1) is 16.7. The summed E-state index contributed by atoms with van der Waals surface area (Å²) >= 11 is 0. The van der Waals surface area contributed by atoms with Crippen LogP contribution >= 0.6 is 0 Å². The van der Waals surface area contributed by atoms with Gasteiger partial charge in [0, 0.05) is 20.2 Å². The predicted octanol–water partition coefficient (Wildman–Crippen LogP) is 1.21. The van der Waals surface area contributed by atoms with Gasteiger partial charge in [-0.05, 0) is 11.8 Å². The Kier molecular flexibility index (Phi) is 7.35. The van der Waals surface area contributed by atoms with E-state index < -0.39 is 12.1 Å². The Morgan fingerprint density at radius 3 is 2.33 bits per heavy atom. The van der Waals surface area contributed by atoms with Crippen LogP contribution in [0.2, 0.25) is 0 Å². The lowest BCUT2D eigenvalue weighted by atomic mass is 9.92. The second-order valence-electron chi connectivity index (χ2n) is 5.40. The van der Waals surface area contributed by atoms with Gasteiger partial charge in [0.05, 0.1) is 12.5 Å². The Morgan fingerprint density at radius 1 is 1.28 bits per heavy atom. The molecular weight excluding hydrogens is 236 g/mol. The van der Waals surface area contributed by atoms with E-state index in [2.05, 4.69) is 31.4 Å². The Hall–Kier alpha value is -1.30. The second-order valence-corrected chi connectivity index (χ2v) is 5.40. The molecule has 3 N–H and O–H groups in total. The molecule has 1 atom stereocenters. The van der Waals surface area contributed by atoms with E-state index in [9.17, 15) is 9.59 Å². The molecule has 0 saturated heterocycles. The van der Waals surface area contributed by atoms with Crippen molar-refractivity contribution in [3.8, 4) is 0 Å². The van der Waals surface area contributed by atoms with Crippen LogP contribution in [0, 0.1) is 5.41 Å². The molecular formula is C12H24N2O4. The Bertz CT molecular complexity index is 274. The predicted molar refractivity (Wildman–Crippen MR) is 68.5 cm³/mol. The number of carboxylic acid groups (broad SMARTS) is 1. The van der Waals surface area contributed by atoms with Crippen molar-refractivity contribution >= 4 is 12.0 Å². The van der Waals surface area contributed by atoms with Crippen molar-refractivity contribution < 1.29 is 19.4 Å². The number of methoxy groups -OCH3 is 1. The van der Waals surface area contributed by atoms with Gasteiger partial charge >= 0.3 is 12.0 Å². The van der Waals surface area contributed by atoms with E-state index in [0.29, 0.717) is 6.54 Å². The number of hydrogen-bond donors (Lipinski definition) is 3. The minimum Gasteiger partial charge on any atom is -0.481 e. The summed E-state index contributed by atoms with van der Waals surface area (Å²) in [7, 11) is 1.42. The molecule has 6 nitrogen and oxygen atoms in total. The van der Waals surface area contributed by atoms with Crippen LogP contribution in [-0.4, -0.2) is 43.4 Å². The molecule has 0 aromatic rings. The molecule has 2 amide bonds. The van der Waals surface area contributed by atoms with Gasteiger partial charge in [0.2, 0.25) is 0 Å². The molecule has 0 heterocycles. The van der Waals surface area contributed by atoms with Gasteiger partial charge in [0.15, 0.2) is 0 Å². The summed E-state index contributed by atoms with van der Waals surface area (Å²) < 4.78 is 4.95. The summed E-state index contributed by atoms with van der Waals surface area (Å²) in [5.74, 6) is -0.947. The highest BCUT2D eigenvalue weighted by molar-refractivity contribution is 5.74. The van der Waals surface area contributed by atoms with E-state index in [1.807, 2.05) is 0 Å². The van der Waals surface area contributed by atoms with Crippen molar-refractivity contribution in [3.63, 3.8) is 0 Å². The fourth-order valence-electron chi connectivity index (χ4n) is 1.25. The first-order valence-electron chi connectivity index (χ1n) is 6.01. The van der Waals surface area contributed by atoms with Gasteiger partial charge < -0.3 is 20.5 Å². The number of carbonyl (C=O) groups is 2. The van der Waals surface area contributed by atoms with Crippen molar-refractivity contribution in [1.29, 1.82) is 0 Å². The third kappa shape index (κ3) is 9.89. The molecule has 18 heavy (non-hydrogen) atoms. The third-order valence-corrected chi connectivity index (χ3v) is 2.39. The Labute approximate surface area is 108 Å². The first-order valence-corrected chi connectivity index (χ1v) is 6.01. The average molecular weight is 260 g/mol. The fourth-order valence-corrected chi connectivity index (χ4v) is 1.25. The van der Waals surface area contributed by atoms with Crippen molar-refractivity contribution in [2.75, 3.05) is 20.2 Å². The molecule has 0 aliphatic heterocycles. The van der Waals surface area contributed by atoms with E-state index in [4.69, 9.17) is 9.84 Å². The molecule has 0 spiro atoms. The van der Waals surface area contributed by atoms with Gasteiger partial charge in [-0.3, -0.25) is 4.79 Å². The lowest BCUT2D eigenvalue weighted by molar-refractivity contribution is -0.139. The van der Waals surface area contributed by atoms with Crippen LogP contribution in [0.25, 0.3) is 0 Å². The van der Waals surface area contributed by atoms with Gasteiger partial charge in [0.1, 0.15) is 0 Å². The molecule has 106 valence electrons. The maximum atomic E-state index is 11.4. The molecule has 0 aliphatic rings. The molecule has 0 rings (SSSR count). The summed E-state index contributed by atoms with van der Waals surface area (Å²) in [6.07, 6.45) is 0.248. The van der Waals surface area contributed by atoms with Crippen LogP contribution < -0.4 is 10.6 Å². The summed E-state index contributed by atoms with van der Waals surface area (Å²) in [6.45, 7) is 7.07. The van der Waals surface area contributed by atoms with E-state index >= 15 is 0 Å². The summed E-state index contributed by atoms with van der Waals surface area (Å²) in [4.78, 5) is 21.9. The van der Waals surface area contributed by atoms with Crippen molar-refractivity contribution in [3.05, 3.63) is 0 Å². The molecule has 0 aromatic carbocycles. The summed E-state index contributed by atoms with van der Waals surface area (Å²) in [5.41, 5.74) is 0.172. The van der Waals surface area contributed by atoms with Gasteiger partial charge in [-0.25, -0.2) is 4.79 Å². The van der Waals surface area contributed by atoms with Crippen LogP contribution in [0.5, 0.6) is 0 Å². The van der Waals surface area contributed by atoms with Crippen molar-refractivity contribution in [1.82, 2.24) is 10.6 Å². The quantitative estimate of drug-likeness (QED) is 0.642. The average Bonchev–Trinajstić information content (AvgIpc) is 2.21. The molecule has 0 radical (unpaired) electrons. The molecule has 1 unspecified atom stereocenters. The van der Waals surface area contributed by atoms with Crippen LogP contribution in [0.15, 0.2) is 0 Å². The van der Waals surface area contributed by atoms with Gasteiger partial charge in [0.25, 0.3) is 0 Å². The van der Waals surface area contributed by atoms with E-state index in [1.54, 1.807) is 0 Å². The number of carboxylic acids is 1. The van der Waals surface area contributed by atoms with Crippen LogP contribution in [0.3, 0.4) is 0 Å². The number of rotatable bonds is 7. The smallest absolute Gasteiger partial charge is 0.314 e. The number of aliphatic carboxylic acids is 1. The normalized spacial score (nSPS) is 12.9. The number of hydrogen-bond acceptors (Lipinski definition) is 3. The zero-order valence-electron chi connectivity index (χ0n) is 11.6.